The molecular formula is C11H13N5O2. The van der Waals surface area contributed by atoms with Gasteiger partial charge in [0.05, 0.1) is 4.92 Å². The largest absolute Gasteiger partial charge is 0.354 e. The van der Waals surface area contributed by atoms with Crippen molar-refractivity contribution in [1.82, 2.24) is 9.88 Å². The van der Waals surface area contributed by atoms with Gasteiger partial charge in [0.1, 0.15) is 11.9 Å². The lowest BCUT2D eigenvalue weighted by Crippen LogP contribution is -2.44. The van der Waals surface area contributed by atoms with E-state index in [4.69, 9.17) is 5.26 Å². The van der Waals surface area contributed by atoms with Crippen molar-refractivity contribution in [3.05, 3.63) is 27.9 Å². The predicted molar refractivity (Wildman–Crippen MR) is 65.3 cm³/mol. The van der Waals surface area contributed by atoms with Crippen molar-refractivity contribution >= 4 is 11.5 Å². The molecule has 1 aromatic rings. The summed E-state index contributed by atoms with van der Waals surface area (Å²) >= 11 is 0. The first kappa shape index (κ1) is 12.3. The summed E-state index contributed by atoms with van der Waals surface area (Å²) in [5.41, 5.74) is -0.369. The van der Waals surface area contributed by atoms with E-state index in [1.54, 1.807) is 12.1 Å². The first-order chi connectivity index (χ1) is 8.61. The monoisotopic (exact) mass is 247 g/mol. The Balaban J connectivity index is 2.25. The van der Waals surface area contributed by atoms with Gasteiger partial charge < -0.3 is 9.80 Å². The summed E-state index contributed by atoms with van der Waals surface area (Å²) in [4.78, 5) is 18.4. The second-order valence-electron chi connectivity index (χ2n) is 4.20. The van der Waals surface area contributed by atoms with Crippen molar-refractivity contribution in [1.29, 1.82) is 5.26 Å². The lowest BCUT2D eigenvalue weighted by molar-refractivity contribution is -0.385. The van der Waals surface area contributed by atoms with Gasteiger partial charge in [0.25, 0.3) is 0 Å². The number of nitro groups is 1. The Morgan fingerprint density at radius 3 is 2.61 bits per heavy atom. The molecule has 0 aromatic carbocycles. The molecule has 1 aromatic heterocycles. The maximum absolute atomic E-state index is 10.7. The highest BCUT2D eigenvalue weighted by Crippen LogP contribution is 2.21. The zero-order chi connectivity index (χ0) is 13.1. The highest BCUT2D eigenvalue weighted by atomic mass is 16.6. The molecule has 0 unspecified atom stereocenters. The summed E-state index contributed by atoms with van der Waals surface area (Å²) in [5.74, 6) is 0.630. The van der Waals surface area contributed by atoms with Crippen molar-refractivity contribution in [2.75, 3.05) is 38.1 Å². The van der Waals surface area contributed by atoms with Gasteiger partial charge in [-0.25, -0.2) is 4.98 Å². The SMILES string of the molecule is CN1CCN(c2ccc([N+](=O)[O-])c(C#N)n2)CC1. The third-order valence-corrected chi connectivity index (χ3v) is 2.99. The predicted octanol–water partition coefficient (Wildman–Crippen LogP) is 0.613. The van der Waals surface area contributed by atoms with Gasteiger partial charge in [-0.2, -0.15) is 5.26 Å². The van der Waals surface area contributed by atoms with Crippen LogP contribution in [0.2, 0.25) is 0 Å². The van der Waals surface area contributed by atoms with Gasteiger partial charge in [-0.15, -0.1) is 0 Å². The number of aromatic nitrogens is 1. The highest BCUT2D eigenvalue weighted by molar-refractivity contribution is 5.51. The quantitative estimate of drug-likeness (QED) is 0.562. The molecule has 1 saturated heterocycles. The van der Waals surface area contributed by atoms with E-state index in [1.807, 2.05) is 11.9 Å². The molecule has 7 heteroatoms. The van der Waals surface area contributed by atoms with E-state index < -0.39 is 4.92 Å². The molecule has 0 amide bonds. The normalized spacial score (nSPS) is 16.3. The molecule has 94 valence electrons. The topological polar surface area (TPSA) is 86.3 Å². The van der Waals surface area contributed by atoms with Gasteiger partial charge in [-0.3, -0.25) is 10.1 Å². The Morgan fingerprint density at radius 2 is 2.06 bits per heavy atom. The number of rotatable bonds is 2. The molecule has 7 nitrogen and oxygen atoms in total. The van der Waals surface area contributed by atoms with Crippen LogP contribution in [0, 0.1) is 21.4 Å². The summed E-state index contributed by atoms with van der Waals surface area (Å²) in [6.07, 6.45) is 0. The second kappa shape index (κ2) is 4.98. The number of hydrogen-bond acceptors (Lipinski definition) is 6. The van der Waals surface area contributed by atoms with E-state index in [2.05, 4.69) is 9.88 Å². The van der Waals surface area contributed by atoms with Gasteiger partial charge in [-0.1, -0.05) is 0 Å². The first-order valence-electron chi connectivity index (χ1n) is 5.61. The van der Waals surface area contributed by atoms with E-state index in [9.17, 15) is 10.1 Å². The van der Waals surface area contributed by atoms with Gasteiger partial charge in [0, 0.05) is 32.2 Å². The summed E-state index contributed by atoms with van der Waals surface area (Å²) in [6.45, 7) is 3.46. The van der Waals surface area contributed by atoms with Gasteiger partial charge in [0.15, 0.2) is 0 Å². The smallest absolute Gasteiger partial charge is 0.305 e. The van der Waals surface area contributed by atoms with Crippen LogP contribution in [-0.2, 0) is 0 Å². The molecule has 0 aliphatic carbocycles. The lowest BCUT2D eigenvalue weighted by atomic mass is 10.2. The van der Waals surface area contributed by atoms with E-state index in [0.717, 1.165) is 26.2 Å². The maximum atomic E-state index is 10.7. The molecule has 0 radical (unpaired) electrons. The third-order valence-electron chi connectivity index (χ3n) is 2.99. The van der Waals surface area contributed by atoms with Crippen LogP contribution in [0.4, 0.5) is 11.5 Å². The highest BCUT2D eigenvalue weighted by Gasteiger charge is 2.20. The molecule has 0 bridgehead atoms. The molecule has 18 heavy (non-hydrogen) atoms. The molecule has 1 aliphatic heterocycles. The van der Waals surface area contributed by atoms with Crippen LogP contribution >= 0.6 is 0 Å². The van der Waals surface area contributed by atoms with E-state index in [0.29, 0.717) is 5.82 Å². The first-order valence-corrected chi connectivity index (χ1v) is 5.61. The molecule has 1 aliphatic rings. The average molecular weight is 247 g/mol. The van der Waals surface area contributed by atoms with Crippen molar-refractivity contribution in [2.24, 2.45) is 0 Å². The third kappa shape index (κ3) is 2.38. The Hall–Kier alpha value is -2.20. The average Bonchev–Trinajstić information content (AvgIpc) is 2.38. The molecular weight excluding hydrogens is 234 g/mol. The molecule has 0 spiro atoms. The molecule has 2 heterocycles. The minimum atomic E-state index is -0.584. The molecule has 0 N–H and O–H groups in total. The number of hydrogen-bond donors (Lipinski definition) is 0. The number of piperazine rings is 1. The fraction of sp³-hybridized carbons (Fsp3) is 0.455. The van der Waals surface area contributed by atoms with Crippen LogP contribution in [0.1, 0.15) is 5.69 Å². The van der Waals surface area contributed by atoms with E-state index in [1.165, 1.54) is 6.07 Å². The molecule has 2 rings (SSSR count). The van der Waals surface area contributed by atoms with Crippen molar-refractivity contribution < 1.29 is 4.92 Å². The second-order valence-corrected chi connectivity index (χ2v) is 4.20. The zero-order valence-electron chi connectivity index (χ0n) is 10.0. The standard InChI is InChI=1S/C11H13N5O2/c1-14-4-6-15(7-5-14)11-3-2-10(16(17)18)9(8-12)13-11/h2-3H,4-7H2,1H3. The summed E-state index contributed by atoms with van der Waals surface area (Å²) in [6, 6.07) is 4.72. The van der Waals surface area contributed by atoms with Crippen LogP contribution < -0.4 is 4.90 Å². The number of nitriles is 1. The van der Waals surface area contributed by atoms with Crippen molar-refractivity contribution in [2.45, 2.75) is 0 Å². The van der Waals surface area contributed by atoms with Crippen molar-refractivity contribution in [3.8, 4) is 6.07 Å². The fourth-order valence-electron chi connectivity index (χ4n) is 1.88. The molecule has 0 saturated carbocycles. The lowest BCUT2D eigenvalue weighted by Gasteiger charge is -2.33. The summed E-state index contributed by atoms with van der Waals surface area (Å²) in [5, 5.41) is 19.6. The van der Waals surface area contributed by atoms with Crippen molar-refractivity contribution in [3.63, 3.8) is 0 Å². The number of likely N-dealkylation sites (N-methyl/N-ethyl adjacent to an activating group) is 1. The van der Waals surface area contributed by atoms with Crippen LogP contribution in [0.5, 0.6) is 0 Å². The Kier molecular flexibility index (Phi) is 3.39. The van der Waals surface area contributed by atoms with E-state index in [-0.39, 0.29) is 11.4 Å². The molecule has 1 fully saturated rings. The van der Waals surface area contributed by atoms with Gasteiger partial charge >= 0.3 is 5.69 Å². The summed E-state index contributed by atoms with van der Waals surface area (Å²) in [7, 11) is 2.04. The Labute approximate surface area is 104 Å². The minimum absolute atomic E-state index is 0.128. The van der Waals surface area contributed by atoms with Gasteiger partial charge in [0.2, 0.25) is 5.69 Å². The fourth-order valence-corrected chi connectivity index (χ4v) is 1.88. The van der Waals surface area contributed by atoms with Crippen LogP contribution in [-0.4, -0.2) is 48.0 Å². The zero-order valence-corrected chi connectivity index (χ0v) is 10.0. The number of nitrogens with zero attached hydrogens (tertiary/aromatic N) is 5. The minimum Gasteiger partial charge on any atom is -0.354 e. The van der Waals surface area contributed by atoms with Crippen LogP contribution in [0.15, 0.2) is 12.1 Å². The number of pyridine rings is 1. The van der Waals surface area contributed by atoms with E-state index >= 15 is 0 Å². The Bertz CT molecular complexity index is 503. The maximum Gasteiger partial charge on any atom is 0.305 e. The van der Waals surface area contributed by atoms with Gasteiger partial charge in [-0.05, 0) is 13.1 Å². The Morgan fingerprint density at radius 1 is 1.39 bits per heavy atom. The summed E-state index contributed by atoms with van der Waals surface area (Å²) < 4.78 is 0. The number of anilines is 1. The molecule has 0 atom stereocenters. The van der Waals surface area contributed by atoms with Crippen LogP contribution in [0.25, 0.3) is 0 Å². The van der Waals surface area contributed by atoms with Crippen LogP contribution in [0.3, 0.4) is 0 Å².